The molecule has 7 nitrogen and oxygen atoms in total. The van der Waals surface area contributed by atoms with Gasteiger partial charge in [0.2, 0.25) is 5.91 Å². The van der Waals surface area contributed by atoms with Gasteiger partial charge in [-0.2, -0.15) is 13.2 Å². The number of carbonyl (C=O) groups excluding carboxylic acids is 3. The van der Waals surface area contributed by atoms with Crippen LogP contribution in [0.1, 0.15) is 44.6 Å². The summed E-state index contributed by atoms with van der Waals surface area (Å²) in [6.45, 7) is 1.52. The second-order valence-electron chi connectivity index (χ2n) is 8.43. The zero-order valence-electron chi connectivity index (χ0n) is 17.8. The summed E-state index contributed by atoms with van der Waals surface area (Å²) >= 11 is 0. The van der Waals surface area contributed by atoms with Crippen LogP contribution >= 0.6 is 0 Å². The Morgan fingerprint density at radius 3 is 2.45 bits per heavy atom. The molecule has 31 heavy (non-hydrogen) atoms. The first-order chi connectivity index (χ1) is 14.5. The minimum Gasteiger partial charge on any atom is -0.376 e. The number of hydrogen-bond donors (Lipinski definition) is 2. The number of alkyl halides is 3. The molecular weight excluding hydrogens is 413 g/mol. The van der Waals surface area contributed by atoms with Crippen LogP contribution in [0.5, 0.6) is 0 Å². The van der Waals surface area contributed by atoms with Gasteiger partial charge in [-0.1, -0.05) is 13.3 Å². The molecule has 1 saturated heterocycles. The second-order valence-corrected chi connectivity index (χ2v) is 8.43. The van der Waals surface area contributed by atoms with Gasteiger partial charge >= 0.3 is 12.2 Å². The minimum absolute atomic E-state index is 0.0463. The molecule has 1 spiro atoms. The first-order valence-electron chi connectivity index (χ1n) is 10.3. The molecule has 1 aliphatic heterocycles. The lowest BCUT2D eigenvalue weighted by Gasteiger charge is -2.34. The molecule has 2 aliphatic rings. The molecule has 170 valence electrons. The number of nitrogens with one attached hydrogen (secondary N) is 2. The number of urea groups is 1. The molecule has 3 rings (SSSR count). The van der Waals surface area contributed by atoms with Gasteiger partial charge in [-0.05, 0) is 49.8 Å². The molecule has 4 amide bonds. The van der Waals surface area contributed by atoms with E-state index in [0.29, 0.717) is 24.4 Å². The smallest absolute Gasteiger partial charge is 0.376 e. The van der Waals surface area contributed by atoms with Crippen LogP contribution in [-0.2, 0) is 15.8 Å². The highest BCUT2D eigenvalue weighted by molar-refractivity contribution is 6.10. The average molecular weight is 440 g/mol. The van der Waals surface area contributed by atoms with Crippen LogP contribution < -0.4 is 15.5 Å². The van der Waals surface area contributed by atoms with E-state index in [1.165, 1.54) is 6.07 Å². The fraction of sp³-hybridized carbons (Fsp3) is 0.571. The standard InChI is InChI=1S/C21H27F3N4O3/c1-4-13-7-9-20(10-8-13)18(30)28(19(31)26-20)12-17(29)25-15-11-14(21(22,23)24)5-6-16(15)27(2)3/h5-6,11,13H,4,7-10,12H2,1-3H3,(H,25,29)(H,26,31). The molecule has 1 saturated carbocycles. The zero-order valence-corrected chi connectivity index (χ0v) is 17.8. The molecule has 1 aromatic rings. The molecule has 10 heteroatoms. The van der Waals surface area contributed by atoms with Crippen LogP contribution in [0.15, 0.2) is 18.2 Å². The lowest BCUT2D eigenvalue weighted by atomic mass is 9.75. The maximum absolute atomic E-state index is 13.1. The van der Waals surface area contributed by atoms with Crippen molar-refractivity contribution in [1.82, 2.24) is 10.2 Å². The third-order valence-electron chi connectivity index (χ3n) is 6.16. The van der Waals surface area contributed by atoms with Gasteiger partial charge in [0, 0.05) is 14.1 Å². The summed E-state index contributed by atoms with van der Waals surface area (Å²) in [5.74, 6) is -0.678. The highest BCUT2D eigenvalue weighted by atomic mass is 19.4. The highest BCUT2D eigenvalue weighted by Crippen LogP contribution is 2.38. The van der Waals surface area contributed by atoms with Gasteiger partial charge in [-0.15, -0.1) is 0 Å². The van der Waals surface area contributed by atoms with Gasteiger partial charge in [0.1, 0.15) is 12.1 Å². The largest absolute Gasteiger partial charge is 0.416 e. The molecule has 1 aromatic carbocycles. The van der Waals surface area contributed by atoms with E-state index in [4.69, 9.17) is 0 Å². The number of anilines is 2. The predicted molar refractivity (Wildman–Crippen MR) is 110 cm³/mol. The van der Waals surface area contributed by atoms with Crippen molar-refractivity contribution < 1.29 is 27.6 Å². The SMILES string of the molecule is CCC1CCC2(CC1)NC(=O)N(CC(=O)Nc1cc(C(F)(F)F)ccc1N(C)C)C2=O. The van der Waals surface area contributed by atoms with E-state index in [1.807, 2.05) is 0 Å². The Balaban J connectivity index is 1.74. The number of rotatable bonds is 5. The summed E-state index contributed by atoms with van der Waals surface area (Å²) < 4.78 is 39.3. The van der Waals surface area contributed by atoms with E-state index in [0.717, 1.165) is 36.3 Å². The number of nitrogens with zero attached hydrogens (tertiary/aromatic N) is 2. The summed E-state index contributed by atoms with van der Waals surface area (Å²) in [4.78, 5) is 40.3. The van der Waals surface area contributed by atoms with E-state index >= 15 is 0 Å². The van der Waals surface area contributed by atoms with Crippen molar-refractivity contribution in [2.24, 2.45) is 5.92 Å². The number of hydrogen-bond acceptors (Lipinski definition) is 4. The van der Waals surface area contributed by atoms with Gasteiger partial charge in [0.15, 0.2) is 0 Å². The summed E-state index contributed by atoms with van der Waals surface area (Å²) in [7, 11) is 3.26. The van der Waals surface area contributed by atoms with Gasteiger partial charge in [0.25, 0.3) is 5.91 Å². The van der Waals surface area contributed by atoms with E-state index in [9.17, 15) is 27.6 Å². The van der Waals surface area contributed by atoms with Crippen molar-refractivity contribution in [3.05, 3.63) is 23.8 Å². The number of carbonyl (C=O) groups is 3. The average Bonchev–Trinajstić information content (AvgIpc) is 2.91. The fourth-order valence-electron chi connectivity index (χ4n) is 4.27. The molecule has 0 aromatic heterocycles. The number of amides is 4. The zero-order chi connectivity index (χ0) is 23.0. The second kappa shape index (κ2) is 8.39. The monoisotopic (exact) mass is 440 g/mol. The molecular formula is C21H27F3N4O3. The van der Waals surface area contributed by atoms with Gasteiger partial charge in [-0.3, -0.25) is 14.5 Å². The first kappa shape index (κ1) is 22.9. The molecule has 1 aliphatic carbocycles. The van der Waals surface area contributed by atoms with Gasteiger partial charge in [-0.25, -0.2) is 4.79 Å². The van der Waals surface area contributed by atoms with E-state index < -0.39 is 41.7 Å². The molecule has 0 unspecified atom stereocenters. The van der Waals surface area contributed by atoms with Crippen LogP contribution in [0.4, 0.5) is 29.3 Å². The third kappa shape index (κ3) is 4.62. The summed E-state index contributed by atoms with van der Waals surface area (Å²) in [6.07, 6.45) is -0.883. The van der Waals surface area contributed by atoms with Crippen molar-refractivity contribution in [2.75, 3.05) is 30.9 Å². The van der Waals surface area contributed by atoms with Gasteiger partial charge < -0.3 is 15.5 Å². The van der Waals surface area contributed by atoms with E-state index in [2.05, 4.69) is 17.6 Å². The highest BCUT2D eigenvalue weighted by Gasteiger charge is 2.52. The normalized spacial score (nSPS) is 23.8. The summed E-state index contributed by atoms with van der Waals surface area (Å²) in [6, 6.07) is 2.38. The quantitative estimate of drug-likeness (QED) is 0.686. The molecule has 0 radical (unpaired) electrons. The molecule has 2 fully saturated rings. The number of halogens is 3. The minimum atomic E-state index is -4.57. The topological polar surface area (TPSA) is 81.8 Å². The number of imide groups is 1. The Labute approximate surface area is 178 Å². The van der Waals surface area contributed by atoms with Crippen LogP contribution in [0.25, 0.3) is 0 Å². The molecule has 0 atom stereocenters. The van der Waals surface area contributed by atoms with Gasteiger partial charge in [0.05, 0.1) is 16.9 Å². The van der Waals surface area contributed by atoms with Crippen LogP contribution in [0, 0.1) is 5.92 Å². The Bertz CT molecular complexity index is 877. The van der Waals surface area contributed by atoms with Crippen LogP contribution in [-0.4, -0.2) is 48.9 Å². The van der Waals surface area contributed by atoms with Crippen molar-refractivity contribution in [3.8, 4) is 0 Å². The Morgan fingerprint density at radius 2 is 1.90 bits per heavy atom. The van der Waals surface area contributed by atoms with Crippen molar-refractivity contribution in [1.29, 1.82) is 0 Å². The number of benzene rings is 1. The maximum atomic E-state index is 13.1. The third-order valence-corrected chi connectivity index (χ3v) is 6.16. The lowest BCUT2D eigenvalue weighted by molar-refractivity contribution is -0.137. The van der Waals surface area contributed by atoms with Crippen molar-refractivity contribution >= 4 is 29.2 Å². The lowest BCUT2D eigenvalue weighted by Crippen LogP contribution is -2.49. The summed E-state index contributed by atoms with van der Waals surface area (Å²) in [5, 5.41) is 5.17. The Kier molecular flexibility index (Phi) is 6.20. The maximum Gasteiger partial charge on any atom is 0.416 e. The summed E-state index contributed by atoms with van der Waals surface area (Å²) in [5.41, 5.74) is -1.56. The van der Waals surface area contributed by atoms with Crippen molar-refractivity contribution in [3.63, 3.8) is 0 Å². The van der Waals surface area contributed by atoms with Crippen molar-refractivity contribution in [2.45, 2.75) is 50.7 Å². The molecule has 0 bridgehead atoms. The Hall–Kier alpha value is -2.78. The molecule has 2 N–H and O–H groups in total. The fourth-order valence-corrected chi connectivity index (χ4v) is 4.27. The first-order valence-corrected chi connectivity index (χ1v) is 10.3. The molecule has 1 heterocycles. The van der Waals surface area contributed by atoms with Crippen LogP contribution in [0.2, 0.25) is 0 Å². The Morgan fingerprint density at radius 1 is 1.26 bits per heavy atom. The predicted octanol–water partition coefficient (Wildman–Crippen LogP) is 3.60. The van der Waals surface area contributed by atoms with E-state index in [-0.39, 0.29) is 5.69 Å². The van der Waals surface area contributed by atoms with Crippen LogP contribution in [0.3, 0.4) is 0 Å². The van der Waals surface area contributed by atoms with E-state index in [1.54, 1.807) is 19.0 Å².